The van der Waals surface area contributed by atoms with E-state index in [0.29, 0.717) is 54.0 Å². The van der Waals surface area contributed by atoms with Crippen molar-refractivity contribution >= 4 is 23.0 Å². The lowest BCUT2D eigenvalue weighted by Gasteiger charge is -2.39. The van der Waals surface area contributed by atoms with Crippen LogP contribution in [0, 0.1) is 0 Å². The van der Waals surface area contributed by atoms with E-state index in [1.54, 1.807) is 31.3 Å². The summed E-state index contributed by atoms with van der Waals surface area (Å²) in [6.07, 6.45) is 1.72. The van der Waals surface area contributed by atoms with Crippen molar-refractivity contribution in [3.63, 3.8) is 0 Å². The van der Waals surface area contributed by atoms with Gasteiger partial charge in [-0.2, -0.15) is 0 Å². The molecule has 1 amide bonds. The standard InChI is InChI=1S/C22H29N3O6/c1-21(2,3)31-20(27)25-9-7-22(8-10-25,19(26)30-6)18-14-11-16(28-4)17(29-5)12-15(14)23-13-24-18/h11-13H,7-10H2,1-6H3. The number of aromatic nitrogens is 2. The summed E-state index contributed by atoms with van der Waals surface area (Å²) in [6.45, 7) is 6.14. The fraction of sp³-hybridized carbons (Fsp3) is 0.545. The number of fused-ring (bicyclic) bond motifs is 1. The lowest BCUT2D eigenvalue weighted by molar-refractivity contribution is -0.149. The molecule has 1 aromatic heterocycles. The van der Waals surface area contributed by atoms with Gasteiger partial charge in [0.05, 0.1) is 32.5 Å². The maximum absolute atomic E-state index is 13.0. The quantitative estimate of drug-likeness (QED) is 0.681. The number of hydrogen-bond acceptors (Lipinski definition) is 8. The minimum atomic E-state index is -1.02. The van der Waals surface area contributed by atoms with Crippen LogP contribution in [-0.2, 0) is 19.7 Å². The van der Waals surface area contributed by atoms with Crippen molar-refractivity contribution in [2.75, 3.05) is 34.4 Å². The SMILES string of the molecule is COC(=O)C1(c2ncnc3cc(OC)c(OC)cc23)CCN(C(=O)OC(C)(C)C)CC1. The van der Waals surface area contributed by atoms with Crippen molar-refractivity contribution in [2.24, 2.45) is 0 Å². The number of methoxy groups -OCH3 is 3. The van der Waals surface area contributed by atoms with E-state index >= 15 is 0 Å². The highest BCUT2D eigenvalue weighted by atomic mass is 16.6. The molecule has 1 aromatic carbocycles. The summed E-state index contributed by atoms with van der Waals surface area (Å²) in [7, 11) is 4.45. The molecule has 9 heteroatoms. The first kappa shape index (κ1) is 22.6. The Morgan fingerprint density at radius 1 is 1.00 bits per heavy atom. The van der Waals surface area contributed by atoms with Crippen molar-refractivity contribution < 1.29 is 28.5 Å². The van der Waals surface area contributed by atoms with Gasteiger partial charge in [-0.15, -0.1) is 0 Å². The predicted molar refractivity (Wildman–Crippen MR) is 113 cm³/mol. The third-order valence-corrected chi connectivity index (χ3v) is 5.44. The molecule has 0 atom stereocenters. The molecule has 1 aliphatic rings. The third-order valence-electron chi connectivity index (χ3n) is 5.44. The molecule has 2 aromatic rings. The zero-order valence-corrected chi connectivity index (χ0v) is 18.9. The van der Waals surface area contributed by atoms with Crippen LogP contribution in [-0.4, -0.2) is 67.0 Å². The number of amides is 1. The Morgan fingerprint density at radius 2 is 1.61 bits per heavy atom. The van der Waals surface area contributed by atoms with Crippen LogP contribution in [0.3, 0.4) is 0 Å². The van der Waals surface area contributed by atoms with Gasteiger partial charge in [-0.05, 0) is 39.7 Å². The van der Waals surface area contributed by atoms with Gasteiger partial charge in [0.1, 0.15) is 17.3 Å². The highest BCUT2D eigenvalue weighted by Gasteiger charge is 2.47. The number of benzene rings is 1. The molecule has 0 aliphatic carbocycles. The number of piperidine rings is 1. The first-order valence-corrected chi connectivity index (χ1v) is 10.1. The van der Waals surface area contributed by atoms with Crippen LogP contribution in [0.4, 0.5) is 4.79 Å². The average Bonchev–Trinajstić information content (AvgIpc) is 2.75. The van der Waals surface area contributed by atoms with Crippen molar-refractivity contribution in [3.8, 4) is 11.5 Å². The van der Waals surface area contributed by atoms with Gasteiger partial charge in [-0.1, -0.05) is 0 Å². The fourth-order valence-electron chi connectivity index (χ4n) is 3.89. The van der Waals surface area contributed by atoms with E-state index in [9.17, 15) is 9.59 Å². The van der Waals surface area contributed by atoms with Crippen LogP contribution >= 0.6 is 0 Å². The number of carbonyl (C=O) groups is 2. The number of rotatable bonds is 4. The number of nitrogens with zero attached hydrogens (tertiary/aromatic N) is 3. The lowest BCUT2D eigenvalue weighted by Crippen LogP contribution is -2.50. The Balaban J connectivity index is 2.02. The Labute approximate surface area is 181 Å². The maximum atomic E-state index is 13.0. The largest absolute Gasteiger partial charge is 0.493 e. The molecule has 1 aliphatic heterocycles. The van der Waals surface area contributed by atoms with Crippen molar-refractivity contribution in [1.29, 1.82) is 0 Å². The van der Waals surface area contributed by atoms with Gasteiger partial charge in [0.2, 0.25) is 0 Å². The normalized spacial score (nSPS) is 16.0. The molecular weight excluding hydrogens is 402 g/mol. The number of carbonyl (C=O) groups excluding carboxylic acids is 2. The van der Waals surface area contributed by atoms with Crippen LogP contribution in [0.2, 0.25) is 0 Å². The monoisotopic (exact) mass is 431 g/mol. The molecule has 2 heterocycles. The van der Waals surface area contributed by atoms with E-state index < -0.39 is 23.1 Å². The molecule has 1 saturated heterocycles. The van der Waals surface area contributed by atoms with Gasteiger partial charge < -0.3 is 23.8 Å². The smallest absolute Gasteiger partial charge is 0.410 e. The highest BCUT2D eigenvalue weighted by molar-refractivity contribution is 5.92. The summed E-state index contributed by atoms with van der Waals surface area (Å²) >= 11 is 0. The van der Waals surface area contributed by atoms with Crippen molar-refractivity contribution in [2.45, 2.75) is 44.6 Å². The molecule has 168 valence electrons. The Bertz CT molecular complexity index is 977. The van der Waals surface area contributed by atoms with E-state index in [0.717, 1.165) is 0 Å². The van der Waals surface area contributed by atoms with E-state index in [1.165, 1.54) is 13.4 Å². The van der Waals surface area contributed by atoms with Crippen LogP contribution in [0.15, 0.2) is 18.5 Å². The maximum Gasteiger partial charge on any atom is 0.410 e. The molecule has 0 unspecified atom stereocenters. The van der Waals surface area contributed by atoms with E-state index in [1.807, 2.05) is 20.8 Å². The third kappa shape index (κ3) is 4.35. The Kier molecular flexibility index (Phi) is 6.24. The summed E-state index contributed by atoms with van der Waals surface area (Å²) < 4.78 is 21.5. The lowest BCUT2D eigenvalue weighted by atomic mass is 9.74. The molecule has 9 nitrogen and oxygen atoms in total. The number of likely N-dealkylation sites (tertiary alicyclic amines) is 1. The number of ether oxygens (including phenoxy) is 4. The van der Waals surface area contributed by atoms with Gasteiger partial charge in [-0.25, -0.2) is 14.8 Å². The Morgan fingerprint density at radius 3 is 2.16 bits per heavy atom. The molecule has 0 spiro atoms. The first-order valence-electron chi connectivity index (χ1n) is 10.1. The molecule has 1 fully saturated rings. The first-order chi connectivity index (χ1) is 14.6. The summed E-state index contributed by atoms with van der Waals surface area (Å²) in [4.78, 5) is 36.0. The van der Waals surface area contributed by atoms with Crippen LogP contribution < -0.4 is 9.47 Å². The number of esters is 1. The average molecular weight is 431 g/mol. The predicted octanol–water partition coefficient (Wildman–Crippen LogP) is 3.09. The zero-order chi connectivity index (χ0) is 22.8. The molecule has 3 rings (SSSR count). The van der Waals surface area contributed by atoms with Gasteiger partial charge in [0, 0.05) is 24.5 Å². The minimum Gasteiger partial charge on any atom is -0.493 e. The van der Waals surface area contributed by atoms with E-state index in [2.05, 4.69) is 9.97 Å². The second-order valence-corrected chi connectivity index (χ2v) is 8.49. The fourth-order valence-corrected chi connectivity index (χ4v) is 3.89. The van der Waals surface area contributed by atoms with E-state index in [-0.39, 0.29) is 0 Å². The summed E-state index contributed by atoms with van der Waals surface area (Å²) in [5, 5.41) is 0.677. The van der Waals surface area contributed by atoms with Gasteiger partial charge in [0.15, 0.2) is 11.5 Å². The van der Waals surface area contributed by atoms with Crippen LogP contribution in [0.25, 0.3) is 10.9 Å². The van der Waals surface area contributed by atoms with E-state index in [4.69, 9.17) is 18.9 Å². The summed E-state index contributed by atoms with van der Waals surface area (Å²) in [5.74, 6) is 0.648. The molecule has 31 heavy (non-hydrogen) atoms. The van der Waals surface area contributed by atoms with Crippen molar-refractivity contribution in [3.05, 3.63) is 24.2 Å². The zero-order valence-electron chi connectivity index (χ0n) is 18.9. The topological polar surface area (TPSA) is 100 Å². The summed E-state index contributed by atoms with van der Waals surface area (Å²) in [5.41, 5.74) is -0.435. The molecule has 0 radical (unpaired) electrons. The van der Waals surface area contributed by atoms with Gasteiger partial charge >= 0.3 is 12.1 Å². The van der Waals surface area contributed by atoms with Crippen LogP contribution in [0.5, 0.6) is 11.5 Å². The van der Waals surface area contributed by atoms with Gasteiger partial charge in [0.25, 0.3) is 0 Å². The molecule has 0 saturated carbocycles. The van der Waals surface area contributed by atoms with Gasteiger partial charge in [-0.3, -0.25) is 4.79 Å². The van der Waals surface area contributed by atoms with Crippen molar-refractivity contribution in [1.82, 2.24) is 14.9 Å². The second-order valence-electron chi connectivity index (χ2n) is 8.49. The minimum absolute atomic E-state index is 0.336. The highest BCUT2D eigenvalue weighted by Crippen LogP contribution is 2.41. The number of hydrogen-bond donors (Lipinski definition) is 0. The van der Waals surface area contributed by atoms with Crippen LogP contribution in [0.1, 0.15) is 39.3 Å². The molecular formula is C22H29N3O6. The molecule has 0 bridgehead atoms. The Hall–Kier alpha value is -3.10. The molecule has 0 N–H and O–H groups in total. The summed E-state index contributed by atoms with van der Waals surface area (Å²) in [6, 6.07) is 3.52. The second kappa shape index (κ2) is 8.56.